The second-order valence-corrected chi connectivity index (χ2v) is 5.35. The molecule has 2 heterocycles. The summed E-state index contributed by atoms with van der Waals surface area (Å²) in [5.74, 6) is 0. The van der Waals surface area contributed by atoms with Crippen LogP contribution in [0.15, 0.2) is 30.5 Å². The Morgan fingerprint density at radius 1 is 1.14 bits per heavy atom. The Morgan fingerprint density at radius 3 is 2.55 bits per heavy atom. The summed E-state index contributed by atoms with van der Waals surface area (Å²) < 4.78 is 7.05. The topological polar surface area (TPSA) is 112 Å². The third kappa shape index (κ3) is 2.23. The maximum Gasteiger partial charge on any atom is 0.163 e. The third-order valence-corrected chi connectivity index (χ3v) is 4.04. The van der Waals surface area contributed by atoms with Gasteiger partial charge in [-0.25, -0.2) is 0 Å². The molecule has 0 amide bonds. The normalized spacial score (nSPS) is 32.3. The van der Waals surface area contributed by atoms with Crippen molar-refractivity contribution in [3.63, 3.8) is 0 Å². The van der Waals surface area contributed by atoms with Gasteiger partial charge in [-0.15, -0.1) is 0 Å². The molecule has 1 aliphatic heterocycles. The van der Waals surface area contributed by atoms with Crippen LogP contribution >= 0.6 is 0 Å². The van der Waals surface area contributed by atoms with Gasteiger partial charge in [0, 0.05) is 17.1 Å². The average molecular weight is 307 g/mol. The van der Waals surface area contributed by atoms with Gasteiger partial charge in [0.25, 0.3) is 0 Å². The molecule has 2 aromatic rings. The van der Waals surface area contributed by atoms with E-state index in [1.165, 1.54) is 10.8 Å². The number of nitrogens with zero attached hydrogens (tertiary/aromatic N) is 1. The number of rotatable bonds is 3. The summed E-state index contributed by atoms with van der Waals surface area (Å²) in [7, 11) is 0. The zero-order valence-electron chi connectivity index (χ0n) is 11.6. The highest BCUT2D eigenvalue weighted by atomic mass is 16.6. The molecule has 0 aliphatic carbocycles. The van der Waals surface area contributed by atoms with E-state index in [9.17, 15) is 25.2 Å². The number of carbonyl (C=O) groups excluding carboxylic acids is 1. The van der Waals surface area contributed by atoms with E-state index in [-0.39, 0.29) is 0 Å². The zero-order chi connectivity index (χ0) is 15.9. The highest BCUT2D eigenvalue weighted by Gasteiger charge is 2.44. The first-order chi connectivity index (χ1) is 10.6. The van der Waals surface area contributed by atoms with Gasteiger partial charge in [0.2, 0.25) is 0 Å². The molecule has 118 valence electrons. The smallest absolute Gasteiger partial charge is 0.163 e. The van der Waals surface area contributed by atoms with E-state index >= 15 is 0 Å². The molecule has 7 nitrogen and oxygen atoms in total. The summed E-state index contributed by atoms with van der Waals surface area (Å²) in [5.41, 5.74) is 1.07. The number of aromatic nitrogens is 1. The molecule has 1 aromatic heterocycles. The van der Waals surface area contributed by atoms with Gasteiger partial charge in [-0.1, -0.05) is 18.2 Å². The quantitative estimate of drug-likeness (QED) is 0.565. The van der Waals surface area contributed by atoms with Gasteiger partial charge in [-0.2, -0.15) is 0 Å². The third-order valence-electron chi connectivity index (χ3n) is 4.04. The van der Waals surface area contributed by atoms with Crippen molar-refractivity contribution in [3.8, 4) is 0 Å². The Balaban J connectivity index is 2.08. The lowest BCUT2D eigenvalue weighted by molar-refractivity contribution is -0.250. The fourth-order valence-electron chi connectivity index (χ4n) is 2.85. The number of aliphatic hydroxyl groups excluding tert-OH is 4. The molecule has 1 fully saturated rings. The molecule has 22 heavy (non-hydrogen) atoms. The SMILES string of the molecule is O=Cc1cn([C@@H]2O[C@@H](CO)[C@@H](O)[C@H](O)[C@@H]2O)c2ccccc12. The summed E-state index contributed by atoms with van der Waals surface area (Å²) >= 11 is 0. The number of aliphatic hydroxyl groups is 4. The predicted molar refractivity (Wildman–Crippen MR) is 76.3 cm³/mol. The fraction of sp³-hybridized carbons (Fsp3) is 0.400. The minimum absolute atomic E-state index is 0.424. The largest absolute Gasteiger partial charge is 0.394 e. The monoisotopic (exact) mass is 307 g/mol. The molecule has 0 saturated carbocycles. The Morgan fingerprint density at radius 2 is 1.86 bits per heavy atom. The van der Waals surface area contributed by atoms with Crippen LogP contribution in [0.5, 0.6) is 0 Å². The lowest BCUT2D eigenvalue weighted by atomic mass is 9.98. The minimum atomic E-state index is -1.46. The van der Waals surface area contributed by atoms with Crippen LogP contribution in [0.2, 0.25) is 0 Å². The first-order valence-electron chi connectivity index (χ1n) is 6.93. The van der Waals surface area contributed by atoms with Gasteiger partial charge in [-0.3, -0.25) is 4.79 Å². The first kappa shape index (κ1) is 15.1. The van der Waals surface area contributed by atoms with Crippen molar-refractivity contribution in [2.75, 3.05) is 6.61 Å². The number of aldehydes is 1. The number of benzene rings is 1. The van der Waals surface area contributed by atoms with Gasteiger partial charge in [0.1, 0.15) is 24.4 Å². The Bertz CT molecular complexity index is 682. The van der Waals surface area contributed by atoms with Crippen molar-refractivity contribution in [1.82, 2.24) is 4.57 Å². The van der Waals surface area contributed by atoms with E-state index in [1.54, 1.807) is 24.3 Å². The summed E-state index contributed by atoms with van der Waals surface area (Å²) in [6, 6.07) is 7.08. The van der Waals surface area contributed by atoms with Crippen molar-refractivity contribution in [3.05, 3.63) is 36.0 Å². The van der Waals surface area contributed by atoms with Gasteiger partial charge >= 0.3 is 0 Å². The van der Waals surface area contributed by atoms with Crippen LogP contribution in [0.4, 0.5) is 0 Å². The van der Waals surface area contributed by atoms with E-state index in [0.29, 0.717) is 22.8 Å². The van der Waals surface area contributed by atoms with Crippen molar-refractivity contribution in [2.45, 2.75) is 30.6 Å². The second kappa shape index (κ2) is 5.79. The molecule has 0 unspecified atom stereocenters. The molecule has 0 bridgehead atoms. The fourth-order valence-corrected chi connectivity index (χ4v) is 2.85. The molecule has 0 spiro atoms. The molecular weight excluding hydrogens is 290 g/mol. The van der Waals surface area contributed by atoms with Crippen molar-refractivity contribution in [2.24, 2.45) is 0 Å². The zero-order valence-corrected chi connectivity index (χ0v) is 11.6. The molecule has 0 radical (unpaired) electrons. The lowest BCUT2D eigenvalue weighted by Gasteiger charge is -2.40. The van der Waals surface area contributed by atoms with Crippen LogP contribution in [0.1, 0.15) is 16.6 Å². The van der Waals surface area contributed by atoms with Crippen molar-refractivity contribution in [1.29, 1.82) is 0 Å². The van der Waals surface area contributed by atoms with E-state index in [1.807, 2.05) is 0 Å². The van der Waals surface area contributed by atoms with Gasteiger partial charge < -0.3 is 29.7 Å². The van der Waals surface area contributed by atoms with Gasteiger partial charge in [0.05, 0.1) is 12.1 Å². The van der Waals surface area contributed by atoms with E-state index in [4.69, 9.17) is 4.74 Å². The van der Waals surface area contributed by atoms with Crippen LogP contribution in [-0.2, 0) is 4.74 Å². The summed E-state index contributed by atoms with van der Waals surface area (Å²) in [6.45, 7) is -0.499. The van der Waals surface area contributed by atoms with Crippen molar-refractivity contribution >= 4 is 17.2 Å². The number of ether oxygens (including phenoxy) is 1. The maximum atomic E-state index is 11.2. The second-order valence-electron chi connectivity index (χ2n) is 5.35. The van der Waals surface area contributed by atoms with E-state index in [2.05, 4.69) is 0 Å². The average Bonchev–Trinajstić information content (AvgIpc) is 2.92. The van der Waals surface area contributed by atoms with E-state index < -0.39 is 37.3 Å². The Labute approximate surface area is 126 Å². The molecule has 7 heteroatoms. The Kier molecular flexibility index (Phi) is 3.98. The molecule has 1 saturated heterocycles. The highest BCUT2D eigenvalue weighted by Crippen LogP contribution is 2.32. The van der Waals surface area contributed by atoms with Crippen LogP contribution in [-0.4, -0.2) is 62.3 Å². The van der Waals surface area contributed by atoms with Gasteiger partial charge in [-0.05, 0) is 6.07 Å². The first-order valence-corrected chi connectivity index (χ1v) is 6.93. The molecule has 4 N–H and O–H groups in total. The predicted octanol–water partition coefficient (Wildman–Crippen LogP) is -0.574. The maximum absolute atomic E-state index is 11.2. The van der Waals surface area contributed by atoms with Crippen LogP contribution in [0.25, 0.3) is 10.9 Å². The van der Waals surface area contributed by atoms with Crippen LogP contribution in [0.3, 0.4) is 0 Å². The van der Waals surface area contributed by atoms with Crippen LogP contribution < -0.4 is 0 Å². The van der Waals surface area contributed by atoms with Crippen LogP contribution in [0, 0.1) is 0 Å². The molecule has 1 aromatic carbocycles. The minimum Gasteiger partial charge on any atom is -0.394 e. The summed E-state index contributed by atoms with van der Waals surface area (Å²) in [5, 5.41) is 39.8. The molecule has 3 rings (SSSR count). The number of hydrogen-bond acceptors (Lipinski definition) is 6. The number of carbonyl (C=O) groups is 1. The summed E-state index contributed by atoms with van der Waals surface area (Å²) in [6.07, 6.45) is -4.07. The van der Waals surface area contributed by atoms with E-state index in [0.717, 1.165) is 0 Å². The number of para-hydroxylation sites is 1. The Hall–Kier alpha value is -1.77. The lowest BCUT2D eigenvalue weighted by Crippen LogP contribution is -2.56. The number of fused-ring (bicyclic) bond motifs is 1. The standard InChI is InChI=1S/C15H17NO6/c17-6-8-5-16(10-4-2-1-3-9(8)10)15-14(21)13(20)12(19)11(7-18)22-15/h1-6,11-15,18-21H,7H2/t11-,12+,13-,14-,15+/m0/s1. The number of hydrogen-bond donors (Lipinski definition) is 4. The van der Waals surface area contributed by atoms with Gasteiger partial charge in [0.15, 0.2) is 12.5 Å². The highest BCUT2D eigenvalue weighted by molar-refractivity contribution is 5.97. The van der Waals surface area contributed by atoms with Crippen molar-refractivity contribution < 1.29 is 30.0 Å². The molecule has 5 atom stereocenters. The molecular formula is C15H17NO6. The molecule has 1 aliphatic rings. The summed E-state index contributed by atoms with van der Waals surface area (Å²) in [4.78, 5) is 11.2.